The number of pyridine rings is 1. The van der Waals surface area contributed by atoms with Crippen LogP contribution < -0.4 is 0 Å². The normalized spacial score (nSPS) is 14.6. The number of hydrogen-bond donors (Lipinski definition) is 0. The minimum atomic E-state index is 0.109. The molecule has 0 saturated carbocycles. The average Bonchev–Trinajstić information content (AvgIpc) is 2.68. The van der Waals surface area contributed by atoms with E-state index in [9.17, 15) is 4.79 Å². The van der Waals surface area contributed by atoms with Crippen molar-refractivity contribution in [2.45, 2.75) is 26.2 Å². The SMILES string of the molecule is Cc1cccc2c(C(=O)N3CCCCC3)cc(-c3ccc(Cl)cc3)nc12. The summed E-state index contributed by atoms with van der Waals surface area (Å²) < 4.78 is 0. The fourth-order valence-corrected chi connectivity index (χ4v) is 3.73. The summed E-state index contributed by atoms with van der Waals surface area (Å²) in [5.74, 6) is 0.109. The van der Waals surface area contributed by atoms with Crippen LogP contribution in [0.1, 0.15) is 35.2 Å². The van der Waals surface area contributed by atoms with E-state index in [2.05, 4.69) is 0 Å². The Balaban J connectivity index is 1.88. The van der Waals surface area contributed by atoms with E-state index < -0.39 is 0 Å². The van der Waals surface area contributed by atoms with E-state index in [0.717, 1.165) is 59.2 Å². The molecule has 4 rings (SSSR count). The van der Waals surface area contributed by atoms with Gasteiger partial charge in [-0.15, -0.1) is 0 Å². The predicted molar refractivity (Wildman–Crippen MR) is 107 cm³/mol. The number of para-hydroxylation sites is 1. The third-order valence-electron chi connectivity index (χ3n) is 5.05. The maximum atomic E-state index is 13.2. The van der Waals surface area contributed by atoms with Gasteiger partial charge in [-0.1, -0.05) is 41.9 Å². The molecule has 26 heavy (non-hydrogen) atoms. The number of amides is 1. The maximum absolute atomic E-state index is 13.2. The van der Waals surface area contributed by atoms with Gasteiger partial charge in [-0.25, -0.2) is 4.98 Å². The number of nitrogens with zero attached hydrogens (tertiary/aromatic N) is 2. The minimum Gasteiger partial charge on any atom is -0.339 e. The van der Waals surface area contributed by atoms with Gasteiger partial charge in [0.15, 0.2) is 0 Å². The number of carbonyl (C=O) groups excluding carboxylic acids is 1. The molecule has 1 aliphatic heterocycles. The largest absolute Gasteiger partial charge is 0.339 e. The molecule has 1 amide bonds. The molecule has 0 N–H and O–H groups in total. The first-order chi connectivity index (χ1) is 12.6. The second-order valence-corrected chi connectivity index (χ2v) is 7.32. The summed E-state index contributed by atoms with van der Waals surface area (Å²) in [4.78, 5) is 20.1. The van der Waals surface area contributed by atoms with Crippen LogP contribution in [0, 0.1) is 6.92 Å². The number of halogens is 1. The van der Waals surface area contributed by atoms with Crippen LogP contribution in [0.2, 0.25) is 5.02 Å². The molecule has 3 nitrogen and oxygen atoms in total. The highest BCUT2D eigenvalue weighted by Gasteiger charge is 2.22. The van der Waals surface area contributed by atoms with Crippen LogP contribution in [0.5, 0.6) is 0 Å². The molecule has 0 unspecified atom stereocenters. The molecule has 0 spiro atoms. The lowest BCUT2D eigenvalue weighted by atomic mass is 10.00. The van der Waals surface area contributed by atoms with Gasteiger partial charge >= 0.3 is 0 Å². The Labute approximate surface area is 158 Å². The van der Waals surface area contributed by atoms with Gasteiger partial charge in [0.05, 0.1) is 16.8 Å². The average molecular weight is 365 g/mol. The van der Waals surface area contributed by atoms with Crippen LogP contribution in [-0.2, 0) is 0 Å². The number of fused-ring (bicyclic) bond motifs is 1. The predicted octanol–water partition coefficient (Wildman–Crippen LogP) is 5.49. The third-order valence-corrected chi connectivity index (χ3v) is 5.31. The molecule has 1 fully saturated rings. The number of rotatable bonds is 2. The topological polar surface area (TPSA) is 33.2 Å². The molecular formula is C22H21ClN2O. The van der Waals surface area contributed by atoms with E-state index in [4.69, 9.17) is 16.6 Å². The summed E-state index contributed by atoms with van der Waals surface area (Å²) in [6.07, 6.45) is 3.37. The van der Waals surface area contributed by atoms with Crippen LogP contribution in [-0.4, -0.2) is 28.9 Å². The number of carbonyl (C=O) groups is 1. The second-order valence-electron chi connectivity index (χ2n) is 6.89. The molecule has 2 aromatic carbocycles. The molecular weight excluding hydrogens is 344 g/mol. The van der Waals surface area contributed by atoms with Crippen molar-refractivity contribution >= 4 is 28.4 Å². The van der Waals surface area contributed by atoms with Crippen molar-refractivity contribution in [3.8, 4) is 11.3 Å². The zero-order valence-electron chi connectivity index (χ0n) is 14.8. The molecule has 4 heteroatoms. The lowest BCUT2D eigenvalue weighted by Crippen LogP contribution is -2.35. The Hall–Kier alpha value is -2.39. The standard InChI is InChI=1S/C22H21ClN2O/c1-15-6-5-7-18-19(22(26)25-12-3-2-4-13-25)14-20(24-21(15)18)16-8-10-17(23)11-9-16/h5-11,14H,2-4,12-13H2,1H3. The smallest absolute Gasteiger partial charge is 0.254 e. The lowest BCUT2D eigenvalue weighted by molar-refractivity contribution is 0.0726. The molecule has 1 saturated heterocycles. The lowest BCUT2D eigenvalue weighted by Gasteiger charge is -2.27. The van der Waals surface area contributed by atoms with Crippen LogP contribution in [0.4, 0.5) is 0 Å². The zero-order valence-corrected chi connectivity index (χ0v) is 15.6. The van der Waals surface area contributed by atoms with Crippen LogP contribution in [0.15, 0.2) is 48.5 Å². The number of piperidine rings is 1. The van der Waals surface area contributed by atoms with Crippen molar-refractivity contribution in [2.75, 3.05) is 13.1 Å². The number of hydrogen-bond acceptors (Lipinski definition) is 2. The Kier molecular flexibility index (Phi) is 4.64. The van der Waals surface area contributed by atoms with Gasteiger partial charge < -0.3 is 4.90 Å². The van der Waals surface area contributed by atoms with Gasteiger partial charge in [0.1, 0.15) is 0 Å². The Morgan fingerprint density at radius 2 is 1.77 bits per heavy atom. The fourth-order valence-electron chi connectivity index (χ4n) is 3.60. The Morgan fingerprint density at radius 1 is 1.04 bits per heavy atom. The summed E-state index contributed by atoms with van der Waals surface area (Å²) in [6.45, 7) is 3.71. The van der Waals surface area contributed by atoms with Crippen LogP contribution in [0.25, 0.3) is 22.2 Å². The molecule has 2 heterocycles. The highest BCUT2D eigenvalue weighted by Crippen LogP contribution is 2.29. The van der Waals surface area contributed by atoms with E-state index in [-0.39, 0.29) is 5.91 Å². The van der Waals surface area contributed by atoms with Crippen LogP contribution >= 0.6 is 11.6 Å². The molecule has 0 aliphatic carbocycles. The zero-order chi connectivity index (χ0) is 18.1. The summed E-state index contributed by atoms with van der Waals surface area (Å²) in [7, 11) is 0. The summed E-state index contributed by atoms with van der Waals surface area (Å²) >= 11 is 6.02. The van der Waals surface area contributed by atoms with Crippen molar-refractivity contribution in [1.82, 2.24) is 9.88 Å². The summed E-state index contributed by atoms with van der Waals surface area (Å²) in [5, 5.41) is 1.62. The Bertz CT molecular complexity index is 960. The molecule has 0 bridgehead atoms. The molecule has 0 radical (unpaired) electrons. The number of aryl methyl sites for hydroxylation is 1. The minimum absolute atomic E-state index is 0.109. The first-order valence-electron chi connectivity index (χ1n) is 9.09. The maximum Gasteiger partial charge on any atom is 0.254 e. The van der Waals surface area contributed by atoms with Gasteiger partial charge in [-0.3, -0.25) is 4.79 Å². The third kappa shape index (κ3) is 3.19. The Morgan fingerprint density at radius 3 is 2.50 bits per heavy atom. The first kappa shape index (κ1) is 17.0. The van der Waals surface area contributed by atoms with E-state index in [1.54, 1.807) is 0 Å². The highest BCUT2D eigenvalue weighted by molar-refractivity contribution is 6.30. The molecule has 132 valence electrons. The first-order valence-corrected chi connectivity index (χ1v) is 9.47. The molecule has 1 aromatic heterocycles. The molecule has 1 aliphatic rings. The highest BCUT2D eigenvalue weighted by atomic mass is 35.5. The monoisotopic (exact) mass is 364 g/mol. The van der Waals surface area contributed by atoms with Crippen molar-refractivity contribution in [1.29, 1.82) is 0 Å². The molecule has 0 atom stereocenters. The van der Waals surface area contributed by atoms with Gasteiger partial charge in [-0.05, 0) is 49.9 Å². The van der Waals surface area contributed by atoms with E-state index >= 15 is 0 Å². The van der Waals surface area contributed by atoms with E-state index in [1.165, 1.54) is 6.42 Å². The van der Waals surface area contributed by atoms with E-state index in [1.807, 2.05) is 60.4 Å². The van der Waals surface area contributed by atoms with E-state index in [0.29, 0.717) is 5.02 Å². The number of benzene rings is 2. The van der Waals surface area contributed by atoms with Crippen LogP contribution in [0.3, 0.4) is 0 Å². The van der Waals surface area contributed by atoms with Gasteiger partial charge in [-0.2, -0.15) is 0 Å². The van der Waals surface area contributed by atoms with Crippen molar-refractivity contribution in [3.63, 3.8) is 0 Å². The fraction of sp³-hybridized carbons (Fsp3) is 0.273. The van der Waals surface area contributed by atoms with Gasteiger partial charge in [0.2, 0.25) is 0 Å². The van der Waals surface area contributed by atoms with Gasteiger partial charge in [0.25, 0.3) is 5.91 Å². The van der Waals surface area contributed by atoms with Crippen molar-refractivity contribution in [3.05, 3.63) is 64.7 Å². The number of aromatic nitrogens is 1. The quantitative estimate of drug-likeness (QED) is 0.602. The molecule has 3 aromatic rings. The second kappa shape index (κ2) is 7.08. The van der Waals surface area contributed by atoms with Crippen molar-refractivity contribution in [2.24, 2.45) is 0 Å². The van der Waals surface area contributed by atoms with Gasteiger partial charge in [0, 0.05) is 29.1 Å². The summed E-state index contributed by atoms with van der Waals surface area (Å²) in [5.41, 5.74) is 4.48. The number of likely N-dealkylation sites (tertiary alicyclic amines) is 1. The summed E-state index contributed by atoms with van der Waals surface area (Å²) in [6, 6.07) is 15.6. The van der Waals surface area contributed by atoms with Crippen molar-refractivity contribution < 1.29 is 4.79 Å².